The zero-order valence-corrected chi connectivity index (χ0v) is 31.2. The number of carbonyl (C=O) groups is 3. The van der Waals surface area contributed by atoms with Gasteiger partial charge in [0.25, 0.3) is 0 Å². The van der Waals surface area contributed by atoms with Crippen molar-refractivity contribution in [3.8, 4) is 0 Å². The van der Waals surface area contributed by atoms with Gasteiger partial charge in [-0.2, -0.15) is 11.8 Å². The number of benzene rings is 1. The lowest BCUT2D eigenvalue weighted by Gasteiger charge is -2.47. The van der Waals surface area contributed by atoms with Crippen molar-refractivity contribution < 1.29 is 27.9 Å². The number of aliphatic hydroxyl groups excluding tert-OH is 1. The molecule has 1 aliphatic carbocycles. The number of hydrogen-bond acceptors (Lipinski definition) is 8. The SMILES string of the molecule is CC(C)(C)NC(=O)[C@@H]1C[C@@H]2CCCC[C@@H]2CN1C[C@@H](O)[C@H](Cc1ccccc1)NC(=O)[C@@H](NC(=O)N1CCSCC1)C(C)(C)S(C)(=O)=O. The first-order valence-electron chi connectivity index (χ1n) is 17.4. The second kappa shape index (κ2) is 16.1. The number of amides is 4. The zero-order chi connectivity index (χ0) is 35.3. The lowest BCUT2D eigenvalue weighted by atomic mass is 9.72. The Kier molecular flexibility index (Phi) is 12.9. The molecule has 4 rings (SSSR count). The van der Waals surface area contributed by atoms with Gasteiger partial charge in [0.2, 0.25) is 11.8 Å². The van der Waals surface area contributed by atoms with Crippen molar-refractivity contribution in [1.82, 2.24) is 25.8 Å². The van der Waals surface area contributed by atoms with Crippen molar-refractivity contribution in [2.24, 2.45) is 11.8 Å². The maximum absolute atomic E-state index is 14.2. The molecule has 11 nitrogen and oxygen atoms in total. The van der Waals surface area contributed by atoms with Crippen LogP contribution in [0.15, 0.2) is 30.3 Å². The van der Waals surface area contributed by atoms with Crippen molar-refractivity contribution in [1.29, 1.82) is 0 Å². The molecule has 4 N–H and O–H groups in total. The summed E-state index contributed by atoms with van der Waals surface area (Å²) in [5, 5.41) is 20.8. The van der Waals surface area contributed by atoms with E-state index in [4.69, 9.17) is 0 Å². The van der Waals surface area contributed by atoms with Gasteiger partial charge in [-0.1, -0.05) is 49.6 Å². The van der Waals surface area contributed by atoms with Gasteiger partial charge in [-0.25, -0.2) is 13.2 Å². The van der Waals surface area contributed by atoms with Crippen LogP contribution in [0, 0.1) is 11.8 Å². The molecule has 1 aromatic rings. The number of rotatable bonds is 11. The summed E-state index contributed by atoms with van der Waals surface area (Å²) < 4.78 is 24.4. The van der Waals surface area contributed by atoms with Crippen LogP contribution in [0.2, 0.25) is 0 Å². The first kappa shape index (κ1) is 38.5. The van der Waals surface area contributed by atoms with Gasteiger partial charge in [-0.05, 0) is 71.3 Å². The Hall–Kier alpha value is -2.35. The van der Waals surface area contributed by atoms with Crippen LogP contribution >= 0.6 is 11.8 Å². The maximum atomic E-state index is 14.2. The van der Waals surface area contributed by atoms with Crippen LogP contribution in [0.1, 0.15) is 72.3 Å². The van der Waals surface area contributed by atoms with Crippen LogP contribution in [0.4, 0.5) is 4.79 Å². The van der Waals surface area contributed by atoms with E-state index in [1.54, 1.807) is 16.7 Å². The van der Waals surface area contributed by atoms with Crippen LogP contribution in [0.3, 0.4) is 0 Å². The summed E-state index contributed by atoms with van der Waals surface area (Å²) in [5.74, 6) is 1.68. The molecule has 2 aliphatic heterocycles. The summed E-state index contributed by atoms with van der Waals surface area (Å²) in [6, 6.07) is 6.34. The Morgan fingerprint density at radius 3 is 2.21 bits per heavy atom. The van der Waals surface area contributed by atoms with Gasteiger partial charge in [0.05, 0.1) is 22.9 Å². The highest BCUT2D eigenvalue weighted by Gasteiger charge is 2.46. The molecule has 0 radical (unpaired) electrons. The lowest BCUT2D eigenvalue weighted by Crippen LogP contribution is -2.65. The molecule has 0 aromatic heterocycles. The second-order valence-electron chi connectivity index (χ2n) is 15.5. The minimum absolute atomic E-state index is 0.0591. The van der Waals surface area contributed by atoms with Gasteiger partial charge in [0.1, 0.15) is 6.04 Å². The van der Waals surface area contributed by atoms with E-state index < -0.39 is 56.3 Å². The monoisotopic (exact) mass is 707 g/mol. The number of carbonyl (C=O) groups excluding carboxylic acids is 3. The third-order valence-corrected chi connectivity index (χ3v) is 13.4. The number of sulfone groups is 1. The quantitative estimate of drug-likeness (QED) is 0.275. The third kappa shape index (κ3) is 10.1. The lowest BCUT2D eigenvalue weighted by molar-refractivity contribution is -0.133. The van der Waals surface area contributed by atoms with Gasteiger partial charge in [-0.3, -0.25) is 14.5 Å². The summed E-state index contributed by atoms with van der Waals surface area (Å²) in [4.78, 5) is 44.8. The number of aliphatic hydroxyl groups is 1. The summed E-state index contributed by atoms with van der Waals surface area (Å²) in [6.45, 7) is 10.6. The fourth-order valence-electron chi connectivity index (χ4n) is 7.16. The molecule has 270 valence electrons. The Bertz CT molecular complexity index is 1360. The molecule has 4 amide bonds. The van der Waals surface area contributed by atoms with Crippen LogP contribution < -0.4 is 16.0 Å². The molecule has 2 saturated heterocycles. The Morgan fingerprint density at radius 1 is 0.979 bits per heavy atom. The van der Waals surface area contributed by atoms with E-state index in [-0.39, 0.29) is 18.9 Å². The summed E-state index contributed by atoms with van der Waals surface area (Å²) >= 11 is 1.73. The molecule has 6 atom stereocenters. The van der Waals surface area contributed by atoms with Crippen LogP contribution in [-0.2, 0) is 25.8 Å². The highest BCUT2D eigenvalue weighted by molar-refractivity contribution is 7.99. The standard InChI is InChI=1S/C35H57N5O6S2/c1-34(2,3)38-31(42)28-21-25-14-10-11-15-26(25)22-40(28)23-29(41)27(20-24-12-8-7-9-13-24)36-32(43)30(35(4,5)48(6,45)46)37-33(44)39-16-18-47-19-17-39/h7-9,12-13,25-30,41H,10-11,14-23H2,1-6H3,(H,36,43)(H,37,44)(H,38,42)/t25-,26+,27-,28-,29+,30+/m0/s1. The molecule has 0 spiro atoms. The molecular weight excluding hydrogens is 651 g/mol. The number of fused-ring (bicyclic) bond motifs is 1. The van der Waals surface area contributed by atoms with Crippen LogP contribution in [0.5, 0.6) is 0 Å². The highest BCUT2D eigenvalue weighted by atomic mass is 32.2. The largest absolute Gasteiger partial charge is 0.390 e. The number of β-amino-alcohol motifs (C(OH)–C–C–N with tert-alkyl or cyclic N) is 1. The highest BCUT2D eigenvalue weighted by Crippen LogP contribution is 2.39. The molecule has 2 heterocycles. The number of piperidine rings is 1. The number of hydrogen-bond donors (Lipinski definition) is 4. The molecule has 3 fully saturated rings. The van der Waals surface area contributed by atoms with Gasteiger partial charge in [0, 0.05) is 49.5 Å². The van der Waals surface area contributed by atoms with Crippen LogP contribution in [-0.4, -0.2) is 120 Å². The Balaban J connectivity index is 1.60. The van der Waals surface area contributed by atoms with Crippen molar-refractivity contribution in [2.45, 2.75) is 108 Å². The molecule has 3 aliphatic rings. The molecule has 48 heavy (non-hydrogen) atoms. The molecule has 0 unspecified atom stereocenters. The summed E-state index contributed by atoms with van der Waals surface area (Å²) in [5.41, 5.74) is 0.469. The van der Waals surface area contributed by atoms with Gasteiger partial charge >= 0.3 is 6.03 Å². The minimum Gasteiger partial charge on any atom is -0.390 e. The maximum Gasteiger partial charge on any atom is 0.318 e. The normalized spacial score (nSPS) is 24.5. The predicted molar refractivity (Wildman–Crippen MR) is 192 cm³/mol. The van der Waals surface area contributed by atoms with Crippen molar-refractivity contribution in [3.63, 3.8) is 0 Å². The molecule has 1 saturated carbocycles. The third-order valence-electron chi connectivity index (χ3n) is 10.3. The van der Waals surface area contributed by atoms with E-state index >= 15 is 0 Å². The first-order chi connectivity index (χ1) is 22.5. The fraction of sp³-hybridized carbons (Fsp3) is 0.743. The average Bonchev–Trinajstić information content (AvgIpc) is 3.02. The van der Waals surface area contributed by atoms with E-state index in [0.29, 0.717) is 31.5 Å². The molecule has 0 bridgehead atoms. The fourth-order valence-corrected chi connectivity index (χ4v) is 8.66. The minimum atomic E-state index is -3.82. The number of thioether (sulfide) groups is 1. The summed E-state index contributed by atoms with van der Waals surface area (Å²) in [7, 11) is -3.82. The van der Waals surface area contributed by atoms with E-state index in [2.05, 4.69) is 20.9 Å². The topological polar surface area (TPSA) is 148 Å². The predicted octanol–water partition coefficient (Wildman–Crippen LogP) is 2.82. The van der Waals surface area contributed by atoms with E-state index in [1.165, 1.54) is 20.3 Å². The summed E-state index contributed by atoms with van der Waals surface area (Å²) in [6.07, 6.45) is 5.49. The second-order valence-corrected chi connectivity index (χ2v) is 19.3. The molecular formula is C35H57N5O6S2. The van der Waals surface area contributed by atoms with Gasteiger partial charge < -0.3 is 26.0 Å². The molecule has 1 aromatic carbocycles. The van der Waals surface area contributed by atoms with Crippen LogP contribution in [0.25, 0.3) is 0 Å². The van der Waals surface area contributed by atoms with Gasteiger partial charge in [0.15, 0.2) is 9.84 Å². The Labute approximate surface area is 291 Å². The van der Waals surface area contributed by atoms with Crippen molar-refractivity contribution in [2.75, 3.05) is 43.9 Å². The van der Waals surface area contributed by atoms with Gasteiger partial charge in [-0.15, -0.1) is 0 Å². The number of nitrogens with one attached hydrogen (secondary N) is 3. The van der Waals surface area contributed by atoms with E-state index in [0.717, 1.165) is 49.0 Å². The number of likely N-dealkylation sites (tertiary alicyclic amines) is 1. The molecule has 13 heteroatoms. The number of urea groups is 1. The van der Waals surface area contributed by atoms with Crippen molar-refractivity contribution in [3.05, 3.63) is 35.9 Å². The van der Waals surface area contributed by atoms with E-state index in [1.807, 2.05) is 51.1 Å². The smallest absolute Gasteiger partial charge is 0.318 e. The van der Waals surface area contributed by atoms with Crippen molar-refractivity contribution >= 4 is 39.4 Å². The van der Waals surface area contributed by atoms with E-state index in [9.17, 15) is 27.9 Å². The zero-order valence-electron chi connectivity index (χ0n) is 29.5. The Morgan fingerprint density at radius 2 is 1.60 bits per heavy atom. The average molecular weight is 708 g/mol. The first-order valence-corrected chi connectivity index (χ1v) is 20.4. The number of nitrogens with zero attached hydrogens (tertiary/aromatic N) is 2.